The molecule has 140 valence electrons. The number of amides is 1. The van der Waals surface area contributed by atoms with E-state index in [9.17, 15) is 14.4 Å². The lowest BCUT2D eigenvalue weighted by Gasteiger charge is -2.04. The number of benzene rings is 2. The molecule has 0 saturated heterocycles. The summed E-state index contributed by atoms with van der Waals surface area (Å²) in [6, 6.07) is 17.1. The number of nitrogens with one attached hydrogen (secondary N) is 2. The zero-order valence-corrected chi connectivity index (χ0v) is 14.9. The minimum atomic E-state index is -0.628. The number of rotatable bonds is 5. The van der Waals surface area contributed by atoms with Crippen LogP contribution in [0.15, 0.2) is 70.6 Å². The van der Waals surface area contributed by atoms with Gasteiger partial charge in [-0.2, -0.15) is 10.1 Å². The monoisotopic (exact) mass is 376 g/mol. The second-order valence-corrected chi connectivity index (χ2v) is 5.71. The maximum Gasteiger partial charge on any atom is 0.346 e. The largest absolute Gasteiger partial charge is 0.427 e. The van der Waals surface area contributed by atoms with Gasteiger partial charge in [0.25, 0.3) is 5.91 Å². The second-order valence-electron chi connectivity index (χ2n) is 5.71. The summed E-state index contributed by atoms with van der Waals surface area (Å²) in [6.07, 6.45) is 1.42. The van der Waals surface area contributed by atoms with Crippen LogP contribution in [0.3, 0.4) is 0 Å². The highest BCUT2D eigenvalue weighted by Crippen LogP contribution is 2.15. The number of carbonyl (C=O) groups is 2. The maximum absolute atomic E-state index is 12.3. The van der Waals surface area contributed by atoms with Crippen LogP contribution in [0.25, 0.3) is 11.3 Å². The lowest BCUT2D eigenvalue weighted by atomic mass is 10.1. The van der Waals surface area contributed by atoms with Crippen molar-refractivity contribution in [3.05, 3.63) is 82.4 Å². The first-order chi connectivity index (χ1) is 13.5. The number of esters is 1. The van der Waals surface area contributed by atoms with Crippen molar-refractivity contribution in [2.24, 2.45) is 5.10 Å². The molecule has 0 aliphatic rings. The van der Waals surface area contributed by atoms with Crippen LogP contribution in [0.5, 0.6) is 5.75 Å². The molecule has 2 aromatic carbocycles. The number of carbonyl (C=O) groups excluding carboxylic acids is 2. The molecule has 0 aliphatic heterocycles. The lowest BCUT2D eigenvalue weighted by Crippen LogP contribution is -2.24. The summed E-state index contributed by atoms with van der Waals surface area (Å²) >= 11 is 0. The fourth-order valence-electron chi connectivity index (χ4n) is 2.35. The van der Waals surface area contributed by atoms with Gasteiger partial charge in [-0.1, -0.05) is 30.3 Å². The van der Waals surface area contributed by atoms with Gasteiger partial charge in [0.1, 0.15) is 11.4 Å². The molecule has 2 N–H and O–H groups in total. The SMILES string of the molecule is CC(=O)Oc1ccc(/C=N/NC(=O)c2cc(-c3ccccc3)nc(=O)[nH]2)cc1. The number of hydrogen-bond acceptors (Lipinski definition) is 6. The molecule has 3 rings (SSSR count). The first-order valence-electron chi connectivity index (χ1n) is 8.30. The molecule has 0 unspecified atom stereocenters. The summed E-state index contributed by atoms with van der Waals surface area (Å²) in [5.41, 5.74) is 3.56. The minimum Gasteiger partial charge on any atom is -0.427 e. The third-order valence-electron chi connectivity index (χ3n) is 3.58. The van der Waals surface area contributed by atoms with Crippen molar-refractivity contribution >= 4 is 18.1 Å². The third-order valence-corrected chi connectivity index (χ3v) is 3.58. The van der Waals surface area contributed by atoms with Crippen molar-refractivity contribution in [2.75, 3.05) is 0 Å². The highest BCUT2D eigenvalue weighted by Gasteiger charge is 2.10. The quantitative estimate of drug-likeness (QED) is 0.306. The first kappa shape index (κ1) is 18.7. The van der Waals surface area contributed by atoms with E-state index < -0.39 is 17.6 Å². The van der Waals surface area contributed by atoms with Crippen molar-refractivity contribution in [2.45, 2.75) is 6.92 Å². The summed E-state index contributed by atoms with van der Waals surface area (Å²) in [5, 5.41) is 3.87. The summed E-state index contributed by atoms with van der Waals surface area (Å²) < 4.78 is 4.94. The molecule has 3 aromatic rings. The third kappa shape index (κ3) is 4.98. The van der Waals surface area contributed by atoms with Crippen LogP contribution in [0.4, 0.5) is 0 Å². The molecule has 0 atom stereocenters. The average Bonchev–Trinajstić information content (AvgIpc) is 2.69. The molecule has 1 aromatic heterocycles. The topological polar surface area (TPSA) is 114 Å². The number of hydrazone groups is 1. The van der Waals surface area contributed by atoms with Crippen LogP contribution in [-0.4, -0.2) is 28.1 Å². The van der Waals surface area contributed by atoms with Crippen LogP contribution in [0.2, 0.25) is 0 Å². The van der Waals surface area contributed by atoms with Gasteiger partial charge < -0.3 is 9.72 Å². The summed E-state index contributed by atoms with van der Waals surface area (Å²) in [4.78, 5) is 41.2. The first-order valence-corrected chi connectivity index (χ1v) is 8.30. The van der Waals surface area contributed by atoms with Gasteiger partial charge in [-0.3, -0.25) is 9.59 Å². The van der Waals surface area contributed by atoms with Crippen molar-refractivity contribution in [3.8, 4) is 17.0 Å². The Bertz CT molecular complexity index is 1070. The zero-order chi connectivity index (χ0) is 19.9. The predicted octanol–water partition coefficient (Wildman–Crippen LogP) is 2.13. The van der Waals surface area contributed by atoms with Crippen LogP contribution in [-0.2, 0) is 4.79 Å². The molecule has 0 aliphatic carbocycles. The normalized spacial score (nSPS) is 10.6. The average molecular weight is 376 g/mol. The van der Waals surface area contributed by atoms with Crippen LogP contribution >= 0.6 is 0 Å². The molecule has 8 nitrogen and oxygen atoms in total. The molecule has 1 heterocycles. The Hall–Kier alpha value is -4.07. The number of H-pyrrole nitrogens is 1. The highest BCUT2D eigenvalue weighted by molar-refractivity contribution is 5.93. The van der Waals surface area contributed by atoms with E-state index >= 15 is 0 Å². The van der Waals surface area contributed by atoms with E-state index in [1.165, 1.54) is 19.2 Å². The van der Waals surface area contributed by atoms with E-state index in [1.54, 1.807) is 36.4 Å². The molecule has 0 radical (unpaired) electrons. The Kier molecular flexibility index (Phi) is 5.71. The maximum atomic E-state index is 12.3. The van der Waals surface area contributed by atoms with E-state index in [2.05, 4.69) is 20.5 Å². The summed E-state index contributed by atoms with van der Waals surface area (Å²) in [7, 11) is 0. The molecular formula is C20H16N4O4. The van der Waals surface area contributed by atoms with Crippen LogP contribution < -0.4 is 15.9 Å². The number of ether oxygens (including phenoxy) is 1. The van der Waals surface area contributed by atoms with Crippen LogP contribution in [0.1, 0.15) is 23.0 Å². The smallest absolute Gasteiger partial charge is 0.346 e. The van der Waals surface area contributed by atoms with E-state index in [4.69, 9.17) is 4.74 Å². The van der Waals surface area contributed by atoms with Gasteiger partial charge in [-0.15, -0.1) is 0 Å². The molecule has 0 fully saturated rings. The van der Waals surface area contributed by atoms with Gasteiger partial charge in [0.05, 0.1) is 11.9 Å². The molecular weight excluding hydrogens is 360 g/mol. The van der Waals surface area contributed by atoms with Crippen molar-refractivity contribution in [3.63, 3.8) is 0 Å². The Morgan fingerprint density at radius 2 is 1.82 bits per heavy atom. The zero-order valence-electron chi connectivity index (χ0n) is 14.9. The standard InChI is InChI=1S/C20H16N4O4/c1-13(25)28-16-9-7-14(8-10-16)12-21-24-19(26)18-11-17(22-20(27)23-18)15-5-3-2-4-6-15/h2-12H,1H3,(H,24,26)(H,22,23,27)/b21-12+. The Morgan fingerprint density at radius 1 is 1.11 bits per heavy atom. The van der Waals surface area contributed by atoms with Gasteiger partial charge in [-0.25, -0.2) is 10.2 Å². The lowest BCUT2D eigenvalue weighted by molar-refractivity contribution is -0.131. The Balaban J connectivity index is 1.69. The van der Waals surface area contributed by atoms with E-state index in [0.717, 1.165) is 5.56 Å². The molecule has 8 heteroatoms. The van der Waals surface area contributed by atoms with Gasteiger partial charge in [0, 0.05) is 12.5 Å². The van der Waals surface area contributed by atoms with Gasteiger partial charge in [0.15, 0.2) is 0 Å². The van der Waals surface area contributed by atoms with Crippen LogP contribution in [0, 0.1) is 0 Å². The Morgan fingerprint density at radius 3 is 2.50 bits per heavy atom. The number of nitrogens with zero attached hydrogens (tertiary/aromatic N) is 2. The summed E-state index contributed by atoms with van der Waals surface area (Å²) in [6.45, 7) is 1.32. The highest BCUT2D eigenvalue weighted by atomic mass is 16.5. The molecule has 0 bridgehead atoms. The fraction of sp³-hybridized carbons (Fsp3) is 0.0500. The van der Waals surface area contributed by atoms with Crippen molar-refractivity contribution in [1.82, 2.24) is 15.4 Å². The molecule has 1 amide bonds. The van der Waals surface area contributed by atoms with Crippen molar-refractivity contribution in [1.29, 1.82) is 0 Å². The molecule has 0 spiro atoms. The van der Waals surface area contributed by atoms with Gasteiger partial charge in [-0.05, 0) is 35.9 Å². The molecule has 28 heavy (non-hydrogen) atoms. The Labute approximate surface area is 159 Å². The van der Waals surface area contributed by atoms with Crippen molar-refractivity contribution < 1.29 is 14.3 Å². The van der Waals surface area contributed by atoms with E-state index in [0.29, 0.717) is 17.0 Å². The summed E-state index contributed by atoms with van der Waals surface area (Å²) in [5.74, 6) is -0.573. The number of hydrogen-bond donors (Lipinski definition) is 2. The second kappa shape index (κ2) is 8.54. The van der Waals surface area contributed by atoms with E-state index in [-0.39, 0.29) is 5.69 Å². The molecule has 0 saturated carbocycles. The van der Waals surface area contributed by atoms with E-state index in [1.807, 2.05) is 18.2 Å². The van der Waals surface area contributed by atoms with Gasteiger partial charge in [0.2, 0.25) is 0 Å². The number of aromatic amines is 1. The fourth-order valence-corrected chi connectivity index (χ4v) is 2.35. The number of aromatic nitrogens is 2. The predicted molar refractivity (Wildman–Crippen MR) is 103 cm³/mol. The van der Waals surface area contributed by atoms with Gasteiger partial charge >= 0.3 is 11.7 Å². The minimum absolute atomic E-state index is 0.0428.